The molecule has 0 radical (unpaired) electrons. The number of carbonyl (C=O) groups excluding carboxylic acids is 1. The number of carboxylic acid groups (broad SMARTS) is 1. The van der Waals surface area contributed by atoms with Gasteiger partial charge in [-0.2, -0.15) is 0 Å². The van der Waals surface area contributed by atoms with Crippen molar-refractivity contribution in [2.75, 3.05) is 19.6 Å². The van der Waals surface area contributed by atoms with Gasteiger partial charge in [-0.25, -0.2) is 13.6 Å². The normalized spacial score (nSPS) is 11.0. The van der Waals surface area contributed by atoms with Gasteiger partial charge in [0.05, 0.1) is 0 Å². The zero-order chi connectivity index (χ0) is 22.3. The number of hydrogen-bond acceptors (Lipinski definition) is 4. The molecule has 0 fully saturated rings. The van der Waals surface area contributed by atoms with Crippen LogP contribution in [0.1, 0.15) is 49.5 Å². The van der Waals surface area contributed by atoms with Crippen molar-refractivity contribution in [2.24, 2.45) is 0 Å². The second kappa shape index (κ2) is 10.8. The van der Waals surface area contributed by atoms with Crippen LogP contribution in [0.4, 0.5) is 8.78 Å². The Labute approximate surface area is 175 Å². The number of carboxylic acids is 1. The topological polar surface area (TPSA) is 66.8 Å². The van der Waals surface area contributed by atoms with Gasteiger partial charge in [0.1, 0.15) is 22.9 Å². The molecule has 162 valence electrons. The molecule has 0 saturated heterocycles. The highest BCUT2D eigenvalue weighted by atomic mass is 19.1. The Morgan fingerprint density at radius 3 is 2.20 bits per heavy atom. The van der Waals surface area contributed by atoms with Gasteiger partial charge in [0, 0.05) is 19.0 Å². The standard InChI is InChI=1S/C23H27F2NO4/c1-4-11-26(12-5-2)13-10-16-14-17(24)6-7-18(16)19-8-9-20(30-15(3)27)21(22(19)25)23(28)29/h6-9,14H,4-5,10-13H2,1-3H3,(H,28,29). The van der Waals surface area contributed by atoms with Crippen molar-refractivity contribution in [3.63, 3.8) is 0 Å². The lowest BCUT2D eigenvalue weighted by atomic mass is 9.95. The highest BCUT2D eigenvalue weighted by molar-refractivity contribution is 5.94. The molecular formula is C23H27F2NO4. The summed E-state index contributed by atoms with van der Waals surface area (Å²) in [6, 6.07) is 6.62. The fraction of sp³-hybridized carbons (Fsp3) is 0.391. The van der Waals surface area contributed by atoms with E-state index in [2.05, 4.69) is 18.7 Å². The Morgan fingerprint density at radius 1 is 1.00 bits per heavy atom. The molecule has 0 aliphatic carbocycles. The quantitative estimate of drug-likeness (QED) is 0.437. The predicted octanol–water partition coefficient (Wildman–Crippen LogP) is 4.92. The van der Waals surface area contributed by atoms with E-state index in [4.69, 9.17) is 4.74 Å². The van der Waals surface area contributed by atoms with Crippen LogP contribution in [0, 0.1) is 11.6 Å². The van der Waals surface area contributed by atoms with E-state index >= 15 is 4.39 Å². The lowest BCUT2D eigenvalue weighted by molar-refractivity contribution is -0.131. The fourth-order valence-corrected chi connectivity index (χ4v) is 3.48. The molecule has 2 rings (SSSR count). The summed E-state index contributed by atoms with van der Waals surface area (Å²) >= 11 is 0. The Hall–Kier alpha value is -2.80. The van der Waals surface area contributed by atoms with Crippen LogP contribution < -0.4 is 4.74 Å². The molecule has 0 heterocycles. The van der Waals surface area contributed by atoms with E-state index in [1.54, 1.807) is 0 Å². The molecule has 0 atom stereocenters. The summed E-state index contributed by atoms with van der Waals surface area (Å²) in [6.07, 6.45) is 2.47. The summed E-state index contributed by atoms with van der Waals surface area (Å²) in [4.78, 5) is 25.1. The van der Waals surface area contributed by atoms with Crippen LogP contribution in [0.5, 0.6) is 5.75 Å². The first kappa shape index (κ1) is 23.5. The summed E-state index contributed by atoms with van der Waals surface area (Å²) < 4.78 is 33.9. The summed E-state index contributed by atoms with van der Waals surface area (Å²) in [5.41, 5.74) is 0.300. The molecule has 0 bridgehead atoms. The van der Waals surface area contributed by atoms with Gasteiger partial charge in [0.25, 0.3) is 0 Å². The number of ether oxygens (including phenoxy) is 1. The molecule has 0 spiro atoms. The lowest BCUT2D eigenvalue weighted by Crippen LogP contribution is -2.28. The number of esters is 1. The maximum atomic E-state index is 15.2. The minimum absolute atomic E-state index is 0.0239. The Morgan fingerprint density at radius 2 is 1.63 bits per heavy atom. The molecule has 0 aromatic heterocycles. The molecule has 30 heavy (non-hydrogen) atoms. The van der Waals surface area contributed by atoms with E-state index < -0.39 is 29.1 Å². The van der Waals surface area contributed by atoms with E-state index in [0.29, 0.717) is 24.1 Å². The molecule has 1 N–H and O–H groups in total. The minimum atomic E-state index is -1.55. The fourth-order valence-electron chi connectivity index (χ4n) is 3.48. The molecule has 0 aliphatic rings. The third kappa shape index (κ3) is 5.86. The Balaban J connectivity index is 2.47. The molecule has 7 heteroatoms. The van der Waals surface area contributed by atoms with Crippen molar-refractivity contribution in [1.82, 2.24) is 4.90 Å². The third-order valence-corrected chi connectivity index (χ3v) is 4.71. The average Bonchev–Trinajstić information content (AvgIpc) is 2.66. The third-order valence-electron chi connectivity index (χ3n) is 4.71. The molecule has 0 unspecified atom stereocenters. The monoisotopic (exact) mass is 419 g/mol. The number of nitrogens with zero attached hydrogens (tertiary/aromatic N) is 1. The van der Waals surface area contributed by atoms with Gasteiger partial charge in [-0.15, -0.1) is 0 Å². The van der Waals surface area contributed by atoms with Crippen LogP contribution in [0.3, 0.4) is 0 Å². The van der Waals surface area contributed by atoms with Crippen molar-refractivity contribution in [2.45, 2.75) is 40.0 Å². The molecule has 0 aliphatic heterocycles. The maximum Gasteiger partial charge on any atom is 0.342 e. The lowest BCUT2D eigenvalue weighted by Gasteiger charge is -2.22. The van der Waals surface area contributed by atoms with Gasteiger partial charge in [0.2, 0.25) is 0 Å². The second-order valence-electron chi connectivity index (χ2n) is 7.09. The molecule has 0 saturated carbocycles. The molecule has 2 aromatic rings. The first-order valence-electron chi connectivity index (χ1n) is 10.0. The van der Waals surface area contributed by atoms with Crippen LogP contribution >= 0.6 is 0 Å². The molecule has 2 aromatic carbocycles. The number of rotatable bonds is 10. The maximum absolute atomic E-state index is 15.2. The van der Waals surface area contributed by atoms with Crippen LogP contribution in [0.15, 0.2) is 30.3 Å². The number of hydrogen-bond donors (Lipinski definition) is 1. The Kier molecular flexibility index (Phi) is 8.47. The number of carbonyl (C=O) groups is 2. The van der Waals surface area contributed by atoms with Crippen molar-refractivity contribution in [3.05, 3.63) is 53.1 Å². The van der Waals surface area contributed by atoms with Gasteiger partial charge < -0.3 is 14.7 Å². The number of halogens is 2. The van der Waals surface area contributed by atoms with E-state index in [0.717, 1.165) is 32.9 Å². The van der Waals surface area contributed by atoms with E-state index in [1.165, 1.54) is 30.3 Å². The van der Waals surface area contributed by atoms with Gasteiger partial charge in [-0.3, -0.25) is 4.79 Å². The Bertz CT molecular complexity index is 908. The van der Waals surface area contributed by atoms with Crippen molar-refractivity contribution in [1.29, 1.82) is 0 Å². The van der Waals surface area contributed by atoms with Crippen molar-refractivity contribution < 1.29 is 28.2 Å². The molecular weight excluding hydrogens is 392 g/mol. The highest BCUT2D eigenvalue weighted by Crippen LogP contribution is 2.33. The first-order valence-corrected chi connectivity index (χ1v) is 10.0. The average molecular weight is 419 g/mol. The van der Waals surface area contributed by atoms with Gasteiger partial charge in [-0.1, -0.05) is 19.9 Å². The second-order valence-corrected chi connectivity index (χ2v) is 7.09. The SMILES string of the molecule is CCCN(CCC)CCc1cc(F)ccc1-c1ccc(OC(C)=O)c(C(=O)O)c1F. The van der Waals surface area contributed by atoms with Crippen LogP contribution in [-0.4, -0.2) is 41.6 Å². The van der Waals surface area contributed by atoms with E-state index in [-0.39, 0.29) is 11.3 Å². The van der Waals surface area contributed by atoms with Crippen molar-refractivity contribution in [3.8, 4) is 16.9 Å². The van der Waals surface area contributed by atoms with Gasteiger partial charge in [0.15, 0.2) is 0 Å². The summed E-state index contributed by atoms with van der Waals surface area (Å²) in [6.45, 7) is 7.78. The molecule has 5 nitrogen and oxygen atoms in total. The minimum Gasteiger partial charge on any atom is -0.477 e. The summed E-state index contributed by atoms with van der Waals surface area (Å²) in [5, 5.41) is 9.44. The smallest absolute Gasteiger partial charge is 0.342 e. The summed E-state index contributed by atoms with van der Waals surface area (Å²) in [7, 11) is 0. The van der Waals surface area contributed by atoms with Crippen molar-refractivity contribution >= 4 is 11.9 Å². The van der Waals surface area contributed by atoms with Gasteiger partial charge in [-0.05, 0) is 67.7 Å². The first-order chi connectivity index (χ1) is 14.3. The zero-order valence-electron chi connectivity index (χ0n) is 17.5. The largest absolute Gasteiger partial charge is 0.477 e. The predicted molar refractivity (Wildman–Crippen MR) is 111 cm³/mol. The van der Waals surface area contributed by atoms with E-state index in [1.807, 2.05) is 0 Å². The van der Waals surface area contributed by atoms with Crippen LogP contribution in [-0.2, 0) is 11.2 Å². The molecule has 0 amide bonds. The van der Waals surface area contributed by atoms with Crippen LogP contribution in [0.2, 0.25) is 0 Å². The highest BCUT2D eigenvalue weighted by Gasteiger charge is 2.23. The van der Waals surface area contributed by atoms with E-state index in [9.17, 15) is 19.1 Å². The van der Waals surface area contributed by atoms with Gasteiger partial charge >= 0.3 is 11.9 Å². The number of benzene rings is 2. The zero-order valence-corrected chi connectivity index (χ0v) is 17.5. The summed E-state index contributed by atoms with van der Waals surface area (Å²) in [5.74, 6) is -4.13. The van der Waals surface area contributed by atoms with Crippen LogP contribution in [0.25, 0.3) is 11.1 Å². The number of aromatic carboxylic acids is 1.